The van der Waals surface area contributed by atoms with Crippen molar-refractivity contribution < 1.29 is 17.9 Å². The molecule has 2 aromatic rings. The summed E-state index contributed by atoms with van der Waals surface area (Å²) in [6.07, 6.45) is 0. The van der Waals surface area contributed by atoms with Crippen LogP contribution < -0.4 is 10.1 Å². The molecule has 2 aromatic carbocycles. The monoisotopic (exact) mass is 381 g/mol. The molecule has 0 fully saturated rings. The van der Waals surface area contributed by atoms with Gasteiger partial charge in [0.2, 0.25) is 5.91 Å². The van der Waals surface area contributed by atoms with Crippen molar-refractivity contribution in [2.24, 2.45) is 0 Å². The van der Waals surface area contributed by atoms with E-state index in [1.54, 1.807) is 42.5 Å². The van der Waals surface area contributed by atoms with Gasteiger partial charge in [-0.2, -0.15) is 0 Å². The summed E-state index contributed by atoms with van der Waals surface area (Å²) in [6.45, 7) is 3.19. The molecule has 0 radical (unpaired) electrons. The van der Waals surface area contributed by atoms with Crippen LogP contribution >= 0.6 is 11.6 Å². The fourth-order valence-electron chi connectivity index (χ4n) is 2.09. The number of carbonyl (C=O) groups excluding carboxylic acids is 1. The molecule has 0 aliphatic rings. The first kappa shape index (κ1) is 19.3. The average molecular weight is 382 g/mol. The molecule has 0 atom stereocenters. The van der Waals surface area contributed by atoms with E-state index in [0.717, 1.165) is 0 Å². The smallest absolute Gasteiger partial charge is 0.241 e. The summed E-state index contributed by atoms with van der Waals surface area (Å²) in [5.74, 6) is 0.0471. The Labute approximate surface area is 152 Å². The zero-order valence-corrected chi connectivity index (χ0v) is 15.6. The Morgan fingerprint density at radius 2 is 1.68 bits per heavy atom. The van der Waals surface area contributed by atoms with Gasteiger partial charge in [0.25, 0.3) is 0 Å². The summed E-state index contributed by atoms with van der Waals surface area (Å²) in [6, 6.07) is 14.8. The summed E-state index contributed by atoms with van der Waals surface area (Å²) in [5.41, 5.74) is 0. The van der Waals surface area contributed by atoms with Gasteiger partial charge < -0.3 is 10.1 Å². The van der Waals surface area contributed by atoms with Crippen molar-refractivity contribution in [3.05, 3.63) is 59.6 Å². The molecule has 0 aromatic heterocycles. The number of hydrogen-bond acceptors (Lipinski definition) is 4. The highest BCUT2D eigenvalue weighted by atomic mass is 35.5. The molecule has 0 aliphatic heterocycles. The quantitative estimate of drug-likeness (QED) is 0.748. The van der Waals surface area contributed by atoms with Crippen molar-refractivity contribution in [3.8, 4) is 5.75 Å². The van der Waals surface area contributed by atoms with E-state index in [9.17, 15) is 13.2 Å². The highest BCUT2D eigenvalue weighted by molar-refractivity contribution is 7.93. The van der Waals surface area contributed by atoms with Gasteiger partial charge in [-0.25, -0.2) is 8.42 Å². The maximum atomic E-state index is 12.7. The molecule has 1 amide bonds. The number of amides is 1. The van der Waals surface area contributed by atoms with Gasteiger partial charge in [0.1, 0.15) is 17.1 Å². The first-order valence-corrected chi connectivity index (χ1v) is 9.57. The number of benzene rings is 2. The van der Waals surface area contributed by atoms with E-state index in [1.165, 1.54) is 26.0 Å². The van der Waals surface area contributed by atoms with Crippen molar-refractivity contribution in [1.29, 1.82) is 0 Å². The zero-order valence-electron chi connectivity index (χ0n) is 14.0. The summed E-state index contributed by atoms with van der Waals surface area (Å²) in [5, 5.41) is 3.22. The first-order valence-electron chi connectivity index (χ1n) is 7.71. The number of hydrogen-bond donors (Lipinski definition) is 1. The lowest BCUT2D eigenvalue weighted by atomic mass is 10.2. The second kappa shape index (κ2) is 7.89. The molecule has 1 N–H and O–H groups in total. The van der Waals surface area contributed by atoms with Crippen LogP contribution in [0, 0.1) is 0 Å². The number of carbonyl (C=O) groups is 1. The van der Waals surface area contributed by atoms with Crippen molar-refractivity contribution in [2.75, 3.05) is 13.2 Å². The Morgan fingerprint density at radius 1 is 1.08 bits per heavy atom. The largest absolute Gasteiger partial charge is 0.492 e. The molecule has 5 nitrogen and oxygen atoms in total. The fourth-order valence-corrected chi connectivity index (χ4v) is 3.64. The van der Waals surface area contributed by atoms with Gasteiger partial charge in [-0.05, 0) is 50.2 Å². The van der Waals surface area contributed by atoms with Gasteiger partial charge in [-0.15, -0.1) is 0 Å². The molecule has 7 heteroatoms. The van der Waals surface area contributed by atoms with Crippen molar-refractivity contribution in [1.82, 2.24) is 5.32 Å². The molecule has 25 heavy (non-hydrogen) atoms. The van der Waals surface area contributed by atoms with Crippen molar-refractivity contribution in [2.45, 2.75) is 23.5 Å². The second-order valence-electron chi connectivity index (χ2n) is 5.89. The topological polar surface area (TPSA) is 72.5 Å². The summed E-state index contributed by atoms with van der Waals surface area (Å²) in [4.78, 5) is 12.5. The van der Waals surface area contributed by atoms with Crippen LogP contribution in [0.1, 0.15) is 13.8 Å². The Kier molecular flexibility index (Phi) is 6.08. The molecule has 134 valence electrons. The SMILES string of the molecule is CC(C)(C(=O)NCCOc1ccc(Cl)cc1)S(=O)(=O)c1ccccc1. The van der Waals surface area contributed by atoms with Gasteiger partial charge in [0.15, 0.2) is 9.84 Å². The Balaban J connectivity index is 1.94. The van der Waals surface area contributed by atoms with Gasteiger partial charge in [0, 0.05) is 5.02 Å². The minimum atomic E-state index is -3.80. The molecular weight excluding hydrogens is 362 g/mol. The van der Waals surface area contributed by atoms with Crippen molar-refractivity contribution >= 4 is 27.3 Å². The Morgan fingerprint density at radius 3 is 2.28 bits per heavy atom. The number of halogens is 1. The van der Waals surface area contributed by atoms with Crippen LogP contribution in [0.4, 0.5) is 0 Å². The van der Waals surface area contributed by atoms with E-state index >= 15 is 0 Å². The minimum Gasteiger partial charge on any atom is -0.492 e. The molecule has 0 spiro atoms. The normalized spacial score (nSPS) is 11.8. The van der Waals surface area contributed by atoms with Crippen LogP contribution in [0.2, 0.25) is 5.02 Å². The molecule has 2 rings (SSSR count). The predicted molar refractivity (Wildman–Crippen MR) is 97.7 cm³/mol. The van der Waals surface area contributed by atoms with Crippen LogP contribution in [-0.2, 0) is 14.6 Å². The lowest BCUT2D eigenvalue weighted by Gasteiger charge is -2.24. The number of sulfone groups is 1. The van der Waals surface area contributed by atoms with Crippen LogP contribution in [0.15, 0.2) is 59.5 Å². The van der Waals surface area contributed by atoms with Crippen LogP contribution in [0.25, 0.3) is 0 Å². The van der Waals surface area contributed by atoms with Crippen LogP contribution in [-0.4, -0.2) is 32.2 Å². The molecule has 0 bridgehead atoms. The third-order valence-corrected chi connectivity index (χ3v) is 6.42. The highest BCUT2D eigenvalue weighted by Gasteiger charge is 2.42. The molecular formula is C18H20ClNO4S. The van der Waals surface area contributed by atoms with E-state index < -0.39 is 20.5 Å². The zero-order chi connectivity index (χ0) is 18.5. The highest BCUT2D eigenvalue weighted by Crippen LogP contribution is 2.25. The van der Waals surface area contributed by atoms with Gasteiger partial charge in [0.05, 0.1) is 11.4 Å². The summed E-state index contributed by atoms with van der Waals surface area (Å²) in [7, 11) is -3.80. The lowest BCUT2D eigenvalue weighted by Crippen LogP contribution is -2.48. The van der Waals surface area contributed by atoms with Crippen LogP contribution in [0.3, 0.4) is 0 Å². The number of nitrogens with one attached hydrogen (secondary N) is 1. The van der Waals surface area contributed by atoms with E-state index in [0.29, 0.717) is 10.8 Å². The minimum absolute atomic E-state index is 0.118. The van der Waals surface area contributed by atoms with E-state index in [1.807, 2.05) is 0 Å². The maximum Gasteiger partial charge on any atom is 0.241 e. The lowest BCUT2D eigenvalue weighted by molar-refractivity contribution is -0.122. The summed E-state index contributed by atoms with van der Waals surface area (Å²) < 4.78 is 29.2. The molecule has 0 saturated carbocycles. The molecule has 0 heterocycles. The Bertz CT molecular complexity index is 818. The van der Waals surface area contributed by atoms with E-state index in [2.05, 4.69) is 5.32 Å². The first-order chi connectivity index (χ1) is 11.7. The average Bonchev–Trinajstić information content (AvgIpc) is 2.60. The predicted octanol–water partition coefficient (Wildman–Crippen LogP) is 3.09. The van der Waals surface area contributed by atoms with Gasteiger partial charge in [-0.1, -0.05) is 29.8 Å². The molecule has 0 unspecified atom stereocenters. The van der Waals surface area contributed by atoms with Gasteiger partial charge >= 0.3 is 0 Å². The second-order valence-corrected chi connectivity index (χ2v) is 8.82. The van der Waals surface area contributed by atoms with Crippen molar-refractivity contribution in [3.63, 3.8) is 0 Å². The van der Waals surface area contributed by atoms with E-state index in [-0.39, 0.29) is 18.0 Å². The fraction of sp³-hybridized carbons (Fsp3) is 0.278. The molecule has 0 aliphatic carbocycles. The van der Waals surface area contributed by atoms with E-state index in [4.69, 9.17) is 16.3 Å². The third kappa shape index (κ3) is 4.52. The summed E-state index contributed by atoms with van der Waals surface area (Å²) >= 11 is 5.79. The maximum absolute atomic E-state index is 12.7. The number of rotatable bonds is 7. The van der Waals surface area contributed by atoms with Gasteiger partial charge in [-0.3, -0.25) is 4.79 Å². The standard InChI is InChI=1S/C18H20ClNO4S/c1-18(2,25(22,23)16-6-4-3-5-7-16)17(21)20-12-13-24-15-10-8-14(19)9-11-15/h3-11H,12-13H2,1-2H3,(H,20,21). The molecule has 0 saturated heterocycles. The number of ether oxygens (including phenoxy) is 1. The Hall–Kier alpha value is -2.05. The van der Waals surface area contributed by atoms with Crippen LogP contribution in [0.5, 0.6) is 5.75 Å². The third-order valence-electron chi connectivity index (χ3n) is 3.74.